The van der Waals surface area contributed by atoms with Crippen molar-refractivity contribution in [2.24, 2.45) is 0 Å². The van der Waals surface area contributed by atoms with Crippen LogP contribution in [-0.4, -0.2) is 27.6 Å². The van der Waals surface area contributed by atoms with E-state index < -0.39 is 5.82 Å². The van der Waals surface area contributed by atoms with Crippen molar-refractivity contribution in [3.05, 3.63) is 59.5 Å². The smallest absolute Gasteiger partial charge is 0.232 e. The Morgan fingerprint density at radius 2 is 2.04 bits per heavy atom. The second kappa shape index (κ2) is 6.25. The molecule has 1 fully saturated rings. The number of rotatable bonds is 3. The van der Waals surface area contributed by atoms with Crippen molar-refractivity contribution < 1.29 is 13.7 Å². The van der Waals surface area contributed by atoms with Crippen LogP contribution >= 0.6 is 11.6 Å². The Bertz CT molecular complexity index is 931. The molecule has 3 aromatic rings. The van der Waals surface area contributed by atoms with E-state index in [9.17, 15) is 9.18 Å². The van der Waals surface area contributed by atoms with Gasteiger partial charge in [0.1, 0.15) is 5.82 Å². The van der Waals surface area contributed by atoms with E-state index in [-0.39, 0.29) is 23.3 Å². The number of amides is 1. The largest absolute Gasteiger partial charge is 0.339 e. The van der Waals surface area contributed by atoms with Crippen LogP contribution in [0.25, 0.3) is 11.4 Å². The summed E-state index contributed by atoms with van der Waals surface area (Å²) in [5.41, 5.74) is 1.26. The lowest BCUT2D eigenvalue weighted by Gasteiger charge is -2.17. The van der Waals surface area contributed by atoms with E-state index in [4.69, 9.17) is 16.1 Å². The fourth-order valence-electron chi connectivity index (χ4n) is 2.83. The van der Waals surface area contributed by atoms with Crippen molar-refractivity contribution in [1.29, 1.82) is 0 Å². The van der Waals surface area contributed by atoms with Crippen LogP contribution in [0.2, 0.25) is 5.02 Å². The van der Waals surface area contributed by atoms with Crippen LogP contribution in [0.3, 0.4) is 0 Å². The van der Waals surface area contributed by atoms with Crippen molar-refractivity contribution in [3.63, 3.8) is 0 Å². The summed E-state index contributed by atoms with van der Waals surface area (Å²) in [5.74, 6) is 0.0266. The van der Waals surface area contributed by atoms with E-state index in [2.05, 4.69) is 15.1 Å². The minimum Gasteiger partial charge on any atom is -0.339 e. The lowest BCUT2D eigenvalue weighted by Crippen LogP contribution is -2.24. The van der Waals surface area contributed by atoms with Gasteiger partial charge in [0.25, 0.3) is 0 Å². The van der Waals surface area contributed by atoms with Crippen LogP contribution in [-0.2, 0) is 4.79 Å². The van der Waals surface area contributed by atoms with Crippen LogP contribution < -0.4 is 4.90 Å². The zero-order chi connectivity index (χ0) is 17.4. The maximum Gasteiger partial charge on any atom is 0.232 e. The molecule has 3 heterocycles. The van der Waals surface area contributed by atoms with Gasteiger partial charge in [0, 0.05) is 30.9 Å². The van der Waals surface area contributed by atoms with Gasteiger partial charge >= 0.3 is 0 Å². The molecule has 4 rings (SSSR count). The molecule has 0 radical (unpaired) electrons. The van der Waals surface area contributed by atoms with Crippen molar-refractivity contribution >= 4 is 23.2 Å². The highest BCUT2D eigenvalue weighted by Crippen LogP contribution is 2.35. The van der Waals surface area contributed by atoms with E-state index in [1.807, 2.05) is 0 Å². The van der Waals surface area contributed by atoms with Crippen molar-refractivity contribution in [2.45, 2.75) is 12.3 Å². The third-order valence-corrected chi connectivity index (χ3v) is 4.36. The van der Waals surface area contributed by atoms with Gasteiger partial charge in [0.2, 0.25) is 17.6 Å². The minimum absolute atomic E-state index is 0.123. The zero-order valence-electron chi connectivity index (χ0n) is 12.9. The summed E-state index contributed by atoms with van der Waals surface area (Å²) in [6.45, 7) is 0.349. The Morgan fingerprint density at radius 3 is 2.80 bits per heavy atom. The first-order chi connectivity index (χ1) is 12.1. The molecule has 1 unspecified atom stereocenters. The average molecular weight is 359 g/mol. The molecular formula is C17H12ClFN4O2. The SMILES string of the molecule is O=C1CC(c2nc(-c3ccncc3)no2)CN1c1ccc(F)cc1Cl. The first-order valence-corrected chi connectivity index (χ1v) is 7.99. The fraction of sp³-hybridized carbons (Fsp3) is 0.176. The summed E-state index contributed by atoms with van der Waals surface area (Å²) in [6.07, 6.45) is 3.51. The van der Waals surface area contributed by atoms with E-state index in [0.29, 0.717) is 23.9 Å². The number of nitrogens with zero attached hydrogens (tertiary/aromatic N) is 4. The first kappa shape index (κ1) is 15.7. The number of anilines is 1. The minimum atomic E-state index is -0.448. The number of hydrogen-bond acceptors (Lipinski definition) is 5. The Labute approximate surface area is 147 Å². The van der Waals surface area contributed by atoms with Crippen LogP contribution in [0, 0.1) is 5.82 Å². The highest BCUT2D eigenvalue weighted by Gasteiger charge is 2.36. The molecule has 1 amide bonds. The molecule has 1 aliphatic heterocycles. The fourth-order valence-corrected chi connectivity index (χ4v) is 3.09. The van der Waals surface area contributed by atoms with Gasteiger partial charge in [-0.15, -0.1) is 0 Å². The standard InChI is InChI=1S/C17H12ClFN4O2/c18-13-8-12(19)1-2-14(13)23-9-11(7-15(23)24)17-21-16(22-25-17)10-3-5-20-6-4-10/h1-6,8,11H,7,9H2. The molecule has 0 aliphatic carbocycles. The van der Waals surface area contributed by atoms with Crippen LogP contribution in [0.15, 0.2) is 47.2 Å². The summed E-state index contributed by atoms with van der Waals surface area (Å²) in [5, 5.41) is 4.16. The Hall–Kier alpha value is -2.80. The number of carbonyl (C=O) groups excluding carboxylic acids is 1. The molecule has 1 atom stereocenters. The molecule has 2 aromatic heterocycles. The second-order valence-corrected chi connectivity index (χ2v) is 6.10. The summed E-state index contributed by atoms with van der Waals surface area (Å²) in [6, 6.07) is 7.51. The van der Waals surface area contributed by atoms with E-state index in [1.54, 1.807) is 24.5 Å². The van der Waals surface area contributed by atoms with Gasteiger partial charge in [-0.1, -0.05) is 16.8 Å². The number of hydrogen-bond donors (Lipinski definition) is 0. The maximum absolute atomic E-state index is 13.2. The molecule has 0 spiro atoms. The third-order valence-electron chi connectivity index (χ3n) is 4.06. The predicted molar refractivity (Wildman–Crippen MR) is 88.7 cm³/mol. The van der Waals surface area contributed by atoms with E-state index in [0.717, 1.165) is 5.56 Å². The van der Waals surface area contributed by atoms with Crippen molar-refractivity contribution in [1.82, 2.24) is 15.1 Å². The molecule has 0 N–H and O–H groups in total. The Balaban J connectivity index is 1.57. The van der Waals surface area contributed by atoms with Gasteiger partial charge in [-0.2, -0.15) is 4.98 Å². The quantitative estimate of drug-likeness (QED) is 0.717. The van der Waals surface area contributed by atoms with Gasteiger partial charge in [-0.05, 0) is 30.3 Å². The van der Waals surface area contributed by atoms with Gasteiger partial charge in [-0.25, -0.2) is 4.39 Å². The van der Waals surface area contributed by atoms with Gasteiger partial charge in [-0.3, -0.25) is 9.78 Å². The van der Waals surface area contributed by atoms with Gasteiger partial charge in [0.15, 0.2) is 0 Å². The number of carbonyl (C=O) groups is 1. The van der Waals surface area contributed by atoms with E-state index in [1.165, 1.54) is 23.1 Å². The number of benzene rings is 1. The molecular weight excluding hydrogens is 347 g/mol. The lowest BCUT2D eigenvalue weighted by molar-refractivity contribution is -0.117. The summed E-state index contributed by atoms with van der Waals surface area (Å²) in [4.78, 5) is 22.2. The Morgan fingerprint density at radius 1 is 1.24 bits per heavy atom. The second-order valence-electron chi connectivity index (χ2n) is 5.69. The molecule has 1 saturated heterocycles. The van der Waals surface area contributed by atoms with E-state index >= 15 is 0 Å². The van der Waals surface area contributed by atoms with Crippen molar-refractivity contribution in [2.75, 3.05) is 11.4 Å². The van der Waals surface area contributed by atoms with Crippen LogP contribution in [0.4, 0.5) is 10.1 Å². The normalized spacial score (nSPS) is 17.3. The highest BCUT2D eigenvalue weighted by atomic mass is 35.5. The van der Waals surface area contributed by atoms with Crippen LogP contribution in [0.1, 0.15) is 18.2 Å². The first-order valence-electron chi connectivity index (χ1n) is 7.61. The molecule has 0 bridgehead atoms. The Kier molecular flexibility index (Phi) is 3.93. The molecule has 25 heavy (non-hydrogen) atoms. The topological polar surface area (TPSA) is 72.1 Å². The zero-order valence-corrected chi connectivity index (χ0v) is 13.7. The molecule has 126 valence electrons. The van der Waals surface area contributed by atoms with Gasteiger partial charge in [0.05, 0.1) is 16.6 Å². The van der Waals surface area contributed by atoms with Crippen molar-refractivity contribution in [3.8, 4) is 11.4 Å². The lowest BCUT2D eigenvalue weighted by atomic mass is 10.1. The molecule has 8 heteroatoms. The molecule has 6 nitrogen and oxygen atoms in total. The van der Waals surface area contributed by atoms with Crippen LogP contribution in [0.5, 0.6) is 0 Å². The maximum atomic E-state index is 13.2. The average Bonchev–Trinajstić information content (AvgIpc) is 3.23. The number of pyridine rings is 1. The number of aromatic nitrogens is 3. The highest BCUT2D eigenvalue weighted by molar-refractivity contribution is 6.33. The monoisotopic (exact) mass is 358 g/mol. The van der Waals surface area contributed by atoms with Gasteiger partial charge < -0.3 is 9.42 Å². The molecule has 1 aliphatic rings. The summed E-state index contributed by atoms with van der Waals surface area (Å²) < 4.78 is 18.5. The molecule has 1 aromatic carbocycles. The third kappa shape index (κ3) is 2.98. The number of halogens is 2. The predicted octanol–water partition coefficient (Wildman–Crippen LogP) is 3.44. The summed E-state index contributed by atoms with van der Waals surface area (Å²) in [7, 11) is 0. The molecule has 0 saturated carbocycles. The summed E-state index contributed by atoms with van der Waals surface area (Å²) >= 11 is 6.06.